The number of hydrogen-bond donors (Lipinski definition) is 1. The molecule has 1 N–H and O–H groups in total. The Kier molecular flexibility index (Phi) is 4.88. The Labute approximate surface area is 155 Å². The van der Waals surface area contributed by atoms with E-state index in [1.165, 1.54) is 24.4 Å². The Balaban J connectivity index is 1.68. The Morgan fingerprint density at radius 1 is 1.19 bits per heavy atom. The summed E-state index contributed by atoms with van der Waals surface area (Å²) in [7, 11) is 0. The Morgan fingerprint density at radius 2 is 1.93 bits per heavy atom. The van der Waals surface area contributed by atoms with Crippen LogP contribution < -0.4 is 5.32 Å². The topological polar surface area (TPSA) is 79.4 Å². The highest BCUT2D eigenvalue weighted by Gasteiger charge is 2.37. The van der Waals surface area contributed by atoms with Gasteiger partial charge in [0, 0.05) is 24.2 Å². The molecule has 0 spiro atoms. The SMILES string of the molecule is O=C(CCN1C(=O)c2cccnc2C1=O)Nc1ccc(Cl)cc1C(F)(F)F. The summed E-state index contributed by atoms with van der Waals surface area (Å²) >= 11 is 5.58. The molecule has 2 heterocycles. The van der Waals surface area contributed by atoms with E-state index in [1.807, 2.05) is 0 Å². The number of nitrogens with zero attached hydrogens (tertiary/aromatic N) is 2. The van der Waals surface area contributed by atoms with E-state index in [2.05, 4.69) is 10.3 Å². The molecule has 1 aromatic heterocycles. The maximum atomic E-state index is 13.0. The summed E-state index contributed by atoms with van der Waals surface area (Å²) in [4.78, 5) is 41.0. The third kappa shape index (κ3) is 3.77. The smallest absolute Gasteiger partial charge is 0.325 e. The number of carbonyl (C=O) groups excluding carboxylic acids is 3. The fraction of sp³-hybridized carbons (Fsp3) is 0.176. The fourth-order valence-electron chi connectivity index (χ4n) is 2.60. The number of fused-ring (bicyclic) bond motifs is 1. The van der Waals surface area contributed by atoms with Crippen molar-refractivity contribution in [1.82, 2.24) is 9.88 Å². The minimum Gasteiger partial charge on any atom is -0.325 e. The molecule has 1 aliphatic heterocycles. The number of aromatic nitrogens is 1. The number of anilines is 1. The molecule has 0 bridgehead atoms. The van der Waals surface area contributed by atoms with Crippen molar-refractivity contribution >= 4 is 35.0 Å². The molecule has 0 aliphatic carbocycles. The zero-order valence-electron chi connectivity index (χ0n) is 13.5. The van der Waals surface area contributed by atoms with E-state index in [9.17, 15) is 27.6 Å². The van der Waals surface area contributed by atoms with Gasteiger partial charge in [0.25, 0.3) is 11.8 Å². The number of nitrogens with one attached hydrogen (secondary N) is 1. The molecule has 0 atom stereocenters. The van der Waals surface area contributed by atoms with Gasteiger partial charge < -0.3 is 5.32 Å². The molecule has 1 aromatic carbocycles. The van der Waals surface area contributed by atoms with Crippen LogP contribution in [0.1, 0.15) is 32.8 Å². The van der Waals surface area contributed by atoms with E-state index < -0.39 is 35.1 Å². The number of benzene rings is 1. The van der Waals surface area contributed by atoms with Crippen molar-refractivity contribution in [2.24, 2.45) is 0 Å². The van der Waals surface area contributed by atoms with Crippen molar-refractivity contribution < 1.29 is 27.6 Å². The van der Waals surface area contributed by atoms with E-state index in [4.69, 9.17) is 11.6 Å². The van der Waals surface area contributed by atoms with Crippen LogP contribution in [0.15, 0.2) is 36.5 Å². The van der Waals surface area contributed by atoms with Crippen molar-refractivity contribution in [1.29, 1.82) is 0 Å². The van der Waals surface area contributed by atoms with E-state index in [0.29, 0.717) is 6.07 Å². The van der Waals surface area contributed by atoms with E-state index >= 15 is 0 Å². The summed E-state index contributed by atoms with van der Waals surface area (Å²) in [6.45, 7) is -0.283. The van der Waals surface area contributed by atoms with E-state index in [-0.39, 0.29) is 29.2 Å². The number of carbonyl (C=O) groups is 3. The van der Waals surface area contributed by atoms with Crippen molar-refractivity contribution in [2.75, 3.05) is 11.9 Å². The van der Waals surface area contributed by atoms with Gasteiger partial charge >= 0.3 is 6.18 Å². The summed E-state index contributed by atoms with van der Waals surface area (Å²) in [6.07, 6.45) is -3.72. The number of halogens is 4. The van der Waals surface area contributed by atoms with Gasteiger partial charge in [-0.2, -0.15) is 13.2 Å². The first-order valence-corrected chi connectivity index (χ1v) is 8.04. The maximum Gasteiger partial charge on any atom is 0.418 e. The lowest BCUT2D eigenvalue weighted by Crippen LogP contribution is -2.33. The molecule has 27 heavy (non-hydrogen) atoms. The summed E-state index contributed by atoms with van der Waals surface area (Å²) in [5, 5.41) is 2.01. The van der Waals surface area contributed by atoms with Gasteiger partial charge in [-0.3, -0.25) is 24.3 Å². The quantitative estimate of drug-likeness (QED) is 0.802. The zero-order chi connectivity index (χ0) is 19.8. The number of amides is 3. The first kappa shape index (κ1) is 18.8. The summed E-state index contributed by atoms with van der Waals surface area (Å²) in [5.74, 6) is -2.03. The first-order valence-electron chi connectivity index (χ1n) is 7.66. The van der Waals surface area contributed by atoms with Gasteiger partial charge in [-0.05, 0) is 30.3 Å². The van der Waals surface area contributed by atoms with Gasteiger partial charge in [-0.25, -0.2) is 0 Å². The molecule has 10 heteroatoms. The maximum absolute atomic E-state index is 13.0. The molecule has 0 unspecified atom stereocenters. The second kappa shape index (κ2) is 6.99. The van der Waals surface area contributed by atoms with Gasteiger partial charge in [0.2, 0.25) is 5.91 Å². The molecule has 140 valence electrons. The van der Waals surface area contributed by atoms with Crippen LogP contribution in [0.3, 0.4) is 0 Å². The number of imide groups is 1. The van der Waals surface area contributed by atoms with Gasteiger partial charge in [0.15, 0.2) is 0 Å². The van der Waals surface area contributed by atoms with Gasteiger partial charge in [0.05, 0.1) is 16.8 Å². The highest BCUT2D eigenvalue weighted by atomic mass is 35.5. The van der Waals surface area contributed by atoms with Gasteiger partial charge in [0.1, 0.15) is 5.69 Å². The standard InChI is InChI=1S/C17H11ClF3N3O3/c18-9-3-4-12(11(8-9)17(19,20)21)23-13(25)5-7-24-15(26)10-2-1-6-22-14(10)16(24)27/h1-4,6,8H,5,7H2,(H,23,25). The number of pyridine rings is 1. The Bertz CT molecular complexity index is 912. The number of hydrogen-bond acceptors (Lipinski definition) is 4. The average molecular weight is 398 g/mol. The minimum absolute atomic E-state index is 0.0139. The molecular formula is C17H11ClF3N3O3. The van der Waals surface area contributed by atoms with Crippen LogP contribution in [0, 0.1) is 0 Å². The molecule has 3 amide bonds. The van der Waals surface area contributed by atoms with Crippen LogP contribution in [-0.2, 0) is 11.0 Å². The van der Waals surface area contributed by atoms with Gasteiger partial charge in [-0.1, -0.05) is 11.6 Å². The lowest BCUT2D eigenvalue weighted by atomic mass is 10.1. The second-order valence-corrected chi connectivity index (χ2v) is 6.08. The first-order chi connectivity index (χ1) is 12.7. The summed E-state index contributed by atoms with van der Waals surface area (Å²) < 4.78 is 39.1. The molecular weight excluding hydrogens is 387 g/mol. The van der Waals surface area contributed by atoms with Crippen LogP contribution in [0.5, 0.6) is 0 Å². The predicted octanol–water partition coefficient (Wildman–Crippen LogP) is 3.38. The van der Waals surface area contributed by atoms with E-state index in [1.54, 1.807) is 0 Å². The van der Waals surface area contributed by atoms with Crippen LogP contribution in [-0.4, -0.2) is 34.2 Å². The third-order valence-electron chi connectivity index (χ3n) is 3.85. The largest absolute Gasteiger partial charge is 0.418 e. The molecule has 2 aromatic rings. The molecule has 0 radical (unpaired) electrons. The van der Waals surface area contributed by atoms with Crippen molar-refractivity contribution in [3.05, 3.63) is 58.4 Å². The predicted molar refractivity (Wildman–Crippen MR) is 89.3 cm³/mol. The average Bonchev–Trinajstić information content (AvgIpc) is 2.85. The molecule has 0 saturated heterocycles. The summed E-state index contributed by atoms with van der Waals surface area (Å²) in [5.41, 5.74) is -1.44. The molecule has 0 saturated carbocycles. The highest BCUT2D eigenvalue weighted by Crippen LogP contribution is 2.36. The van der Waals surface area contributed by atoms with Crippen LogP contribution >= 0.6 is 11.6 Å². The van der Waals surface area contributed by atoms with Crippen molar-refractivity contribution in [3.8, 4) is 0 Å². The van der Waals surface area contributed by atoms with Crippen molar-refractivity contribution in [2.45, 2.75) is 12.6 Å². The molecule has 3 rings (SSSR count). The monoisotopic (exact) mass is 397 g/mol. The lowest BCUT2D eigenvalue weighted by Gasteiger charge is -2.16. The van der Waals surface area contributed by atoms with Crippen LogP contribution in [0.4, 0.5) is 18.9 Å². The number of alkyl halides is 3. The van der Waals surface area contributed by atoms with Crippen LogP contribution in [0.2, 0.25) is 5.02 Å². The lowest BCUT2D eigenvalue weighted by molar-refractivity contribution is -0.137. The molecule has 0 fully saturated rings. The minimum atomic E-state index is -4.71. The highest BCUT2D eigenvalue weighted by molar-refractivity contribution is 6.30. The zero-order valence-corrected chi connectivity index (χ0v) is 14.3. The van der Waals surface area contributed by atoms with E-state index in [0.717, 1.165) is 11.0 Å². The summed E-state index contributed by atoms with van der Waals surface area (Å²) in [6, 6.07) is 5.88. The Morgan fingerprint density at radius 3 is 2.59 bits per heavy atom. The fourth-order valence-corrected chi connectivity index (χ4v) is 2.78. The molecule has 6 nitrogen and oxygen atoms in total. The van der Waals surface area contributed by atoms with Crippen LogP contribution in [0.25, 0.3) is 0 Å². The second-order valence-electron chi connectivity index (χ2n) is 5.65. The normalized spacial score (nSPS) is 13.7. The van der Waals surface area contributed by atoms with Gasteiger partial charge in [-0.15, -0.1) is 0 Å². The van der Waals surface area contributed by atoms with Crippen molar-refractivity contribution in [3.63, 3.8) is 0 Å². The Hall–Kier alpha value is -2.94. The molecule has 1 aliphatic rings. The third-order valence-corrected chi connectivity index (χ3v) is 4.09. The number of rotatable bonds is 4.